The lowest BCUT2D eigenvalue weighted by molar-refractivity contribution is -0.0709. The molecule has 0 bridgehead atoms. The molecule has 0 aromatic carbocycles. The van der Waals surface area contributed by atoms with Crippen LogP contribution >= 0.6 is 11.8 Å². The molecule has 18 heavy (non-hydrogen) atoms. The predicted molar refractivity (Wildman–Crippen MR) is 68.5 cm³/mol. The van der Waals surface area contributed by atoms with E-state index in [1.54, 1.807) is 0 Å². The van der Waals surface area contributed by atoms with Crippen molar-refractivity contribution in [3.05, 3.63) is 0 Å². The second-order valence-electron chi connectivity index (χ2n) is 4.94. The first-order chi connectivity index (χ1) is 8.70. The second kappa shape index (κ2) is 7.03. The minimum absolute atomic E-state index is 0.0738. The smallest absolute Gasteiger partial charge is 0.261 e. The van der Waals surface area contributed by atoms with Gasteiger partial charge in [-0.2, -0.15) is 11.8 Å². The van der Waals surface area contributed by atoms with E-state index in [4.69, 9.17) is 9.47 Å². The van der Waals surface area contributed by atoms with Gasteiger partial charge in [0.25, 0.3) is 6.43 Å². The Bertz CT molecular complexity index is 250. The molecule has 2 rings (SSSR count). The Morgan fingerprint density at radius 1 is 1.50 bits per heavy atom. The molecule has 1 N–H and O–H groups in total. The maximum absolute atomic E-state index is 11.9. The first-order valence-corrected chi connectivity index (χ1v) is 7.67. The summed E-state index contributed by atoms with van der Waals surface area (Å²) in [6, 6.07) is 0.438. The van der Waals surface area contributed by atoms with Crippen LogP contribution in [0.25, 0.3) is 0 Å². The van der Waals surface area contributed by atoms with Gasteiger partial charge in [0.2, 0.25) is 0 Å². The number of halogens is 2. The van der Waals surface area contributed by atoms with Gasteiger partial charge in [0.15, 0.2) is 0 Å². The van der Waals surface area contributed by atoms with E-state index in [0.717, 1.165) is 31.6 Å². The van der Waals surface area contributed by atoms with Crippen molar-refractivity contribution in [3.63, 3.8) is 0 Å². The van der Waals surface area contributed by atoms with Crippen molar-refractivity contribution in [3.8, 4) is 0 Å². The Labute approximate surface area is 111 Å². The molecule has 0 aliphatic carbocycles. The van der Waals surface area contributed by atoms with Crippen LogP contribution in [0.3, 0.4) is 0 Å². The summed E-state index contributed by atoms with van der Waals surface area (Å²) in [6.45, 7) is 1.33. The summed E-state index contributed by atoms with van der Waals surface area (Å²) in [6.07, 6.45) is 0.806. The zero-order valence-corrected chi connectivity index (χ0v) is 11.3. The Morgan fingerprint density at radius 2 is 2.39 bits per heavy atom. The van der Waals surface area contributed by atoms with Crippen LogP contribution in [0.1, 0.15) is 19.3 Å². The van der Waals surface area contributed by atoms with E-state index in [1.807, 2.05) is 11.8 Å². The summed E-state index contributed by atoms with van der Waals surface area (Å²) in [5.41, 5.74) is 0.0738. The third kappa shape index (κ3) is 4.33. The van der Waals surface area contributed by atoms with E-state index < -0.39 is 13.0 Å². The zero-order valence-electron chi connectivity index (χ0n) is 10.5. The summed E-state index contributed by atoms with van der Waals surface area (Å²) in [4.78, 5) is 0. The molecule has 0 amide bonds. The minimum atomic E-state index is -2.37. The Kier molecular flexibility index (Phi) is 5.66. The molecule has 0 aromatic heterocycles. The number of thioether (sulfide) groups is 1. The topological polar surface area (TPSA) is 30.5 Å². The van der Waals surface area contributed by atoms with E-state index in [2.05, 4.69) is 5.32 Å². The van der Waals surface area contributed by atoms with Crippen molar-refractivity contribution < 1.29 is 18.3 Å². The fourth-order valence-electron chi connectivity index (χ4n) is 2.57. The van der Waals surface area contributed by atoms with E-state index in [-0.39, 0.29) is 5.60 Å². The number of ether oxygens (including phenoxy) is 2. The van der Waals surface area contributed by atoms with Crippen molar-refractivity contribution in [1.29, 1.82) is 0 Å². The number of hydrogen-bond acceptors (Lipinski definition) is 4. The van der Waals surface area contributed by atoms with Crippen molar-refractivity contribution in [2.45, 2.75) is 37.3 Å². The highest BCUT2D eigenvalue weighted by atomic mass is 32.2. The van der Waals surface area contributed by atoms with E-state index >= 15 is 0 Å². The van der Waals surface area contributed by atoms with E-state index in [0.29, 0.717) is 19.2 Å². The molecule has 2 atom stereocenters. The lowest BCUT2D eigenvalue weighted by atomic mass is 9.90. The van der Waals surface area contributed by atoms with Crippen molar-refractivity contribution in [2.75, 3.05) is 37.9 Å². The molecule has 2 saturated heterocycles. The zero-order chi connectivity index (χ0) is 12.8. The van der Waals surface area contributed by atoms with Crippen LogP contribution in [0.2, 0.25) is 0 Å². The van der Waals surface area contributed by atoms with Gasteiger partial charge in [-0.3, -0.25) is 0 Å². The molecule has 2 unspecified atom stereocenters. The molecule has 2 aliphatic rings. The fraction of sp³-hybridized carbons (Fsp3) is 1.00. The molecular weight excluding hydrogens is 260 g/mol. The maximum atomic E-state index is 11.9. The molecular formula is C12H21F2NO2S. The third-order valence-corrected chi connectivity index (χ3v) is 4.71. The third-order valence-electron chi connectivity index (χ3n) is 3.48. The lowest BCUT2D eigenvalue weighted by Gasteiger charge is -2.38. The highest BCUT2D eigenvalue weighted by Crippen LogP contribution is 2.38. The van der Waals surface area contributed by atoms with Gasteiger partial charge in [-0.15, -0.1) is 0 Å². The summed E-state index contributed by atoms with van der Waals surface area (Å²) in [5, 5.41) is 3.39. The van der Waals surface area contributed by atoms with E-state index in [9.17, 15) is 8.78 Å². The molecule has 2 fully saturated rings. The quantitative estimate of drug-likeness (QED) is 0.754. The van der Waals surface area contributed by atoms with E-state index in [1.165, 1.54) is 5.75 Å². The molecule has 1 spiro atoms. The molecule has 0 aromatic rings. The van der Waals surface area contributed by atoms with Gasteiger partial charge in [0.05, 0.1) is 12.2 Å². The van der Waals surface area contributed by atoms with Gasteiger partial charge in [0.1, 0.15) is 6.61 Å². The summed E-state index contributed by atoms with van der Waals surface area (Å²) < 4.78 is 34.5. The maximum Gasteiger partial charge on any atom is 0.261 e. The molecule has 2 heterocycles. The van der Waals surface area contributed by atoms with Gasteiger partial charge in [-0.1, -0.05) is 0 Å². The predicted octanol–water partition coefficient (Wildman–Crippen LogP) is 1.91. The van der Waals surface area contributed by atoms with Gasteiger partial charge in [-0.25, -0.2) is 8.78 Å². The second-order valence-corrected chi connectivity index (χ2v) is 6.05. The molecule has 0 saturated carbocycles. The number of rotatable bonds is 6. The standard InChI is InChI=1S/C12H21F2NO2S/c13-11(14)8-16-5-3-15-10-1-4-17-12(7-10)2-6-18-9-12/h10-11,15H,1-9H2. The van der Waals surface area contributed by atoms with Crippen LogP contribution in [-0.4, -0.2) is 55.9 Å². The SMILES string of the molecule is FC(F)COCCNC1CCOC2(CCSC2)C1. The molecule has 106 valence electrons. The summed E-state index contributed by atoms with van der Waals surface area (Å²) in [7, 11) is 0. The van der Waals surface area contributed by atoms with Crippen LogP contribution in [0.5, 0.6) is 0 Å². The van der Waals surface area contributed by atoms with Crippen LogP contribution in [0.4, 0.5) is 8.78 Å². The average Bonchev–Trinajstić information content (AvgIpc) is 2.76. The Hall–Kier alpha value is 0.0900. The number of nitrogens with one attached hydrogen (secondary N) is 1. The molecule has 6 heteroatoms. The largest absolute Gasteiger partial charge is 0.374 e. The monoisotopic (exact) mass is 281 g/mol. The van der Waals surface area contributed by atoms with Gasteiger partial charge >= 0.3 is 0 Å². The first-order valence-electron chi connectivity index (χ1n) is 6.51. The molecule has 2 aliphatic heterocycles. The van der Waals surface area contributed by atoms with Crippen molar-refractivity contribution in [1.82, 2.24) is 5.32 Å². The van der Waals surface area contributed by atoms with Crippen LogP contribution in [0.15, 0.2) is 0 Å². The summed E-state index contributed by atoms with van der Waals surface area (Å²) >= 11 is 1.96. The van der Waals surface area contributed by atoms with Crippen LogP contribution < -0.4 is 5.32 Å². The van der Waals surface area contributed by atoms with Crippen molar-refractivity contribution in [2.24, 2.45) is 0 Å². The van der Waals surface area contributed by atoms with Crippen LogP contribution in [0, 0.1) is 0 Å². The van der Waals surface area contributed by atoms with Gasteiger partial charge < -0.3 is 14.8 Å². The highest BCUT2D eigenvalue weighted by Gasteiger charge is 2.40. The molecule has 0 radical (unpaired) electrons. The van der Waals surface area contributed by atoms with Gasteiger partial charge in [-0.05, 0) is 25.0 Å². The molecule has 3 nitrogen and oxygen atoms in total. The highest BCUT2D eigenvalue weighted by molar-refractivity contribution is 7.99. The Morgan fingerprint density at radius 3 is 3.11 bits per heavy atom. The fourth-order valence-corrected chi connectivity index (χ4v) is 3.95. The number of hydrogen-bond donors (Lipinski definition) is 1. The minimum Gasteiger partial charge on any atom is -0.374 e. The van der Waals surface area contributed by atoms with Crippen molar-refractivity contribution >= 4 is 11.8 Å². The van der Waals surface area contributed by atoms with Gasteiger partial charge in [0, 0.05) is 24.9 Å². The lowest BCUT2D eigenvalue weighted by Crippen LogP contribution is -2.47. The van der Waals surface area contributed by atoms with Crippen LogP contribution in [-0.2, 0) is 9.47 Å². The Balaban J connectivity index is 1.61. The first kappa shape index (κ1) is 14.5. The normalized spacial score (nSPS) is 32.5. The number of alkyl halides is 2. The summed E-state index contributed by atoms with van der Waals surface area (Å²) in [5.74, 6) is 2.28. The average molecular weight is 281 g/mol.